The summed E-state index contributed by atoms with van der Waals surface area (Å²) in [6.07, 6.45) is 35.9. The van der Waals surface area contributed by atoms with Crippen molar-refractivity contribution in [1.82, 2.24) is 0 Å². The molecular formula is C38H64O6. The number of rotatable bonds is 29. The quantitative estimate of drug-likeness (QED) is 0.0377. The van der Waals surface area contributed by atoms with Crippen molar-refractivity contribution in [2.45, 2.75) is 149 Å². The van der Waals surface area contributed by atoms with E-state index in [0.29, 0.717) is 19.3 Å². The van der Waals surface area contributed by atoms with Crippen molar-refractivity contribution in [3.8, 4) is 0 Å². The summed E-state index contributed by atoms with van der Waals surface area (Å²) in [5.41, 5.74) is 0. The summed E-state index contributed by atoms with van der Waals surface area (Å²) in [6, 6.07) is 0. The number of hydrogen-bond acceptors (Lipinski definition) is 6. The highest BCUT2D eigenvalue weighted by Gasteiger charge is 2.16. The average Bonchev–Trinajstić information content (AvgIpc) is 3.02. The zero-order chi connectivity index (χ0) is 32.5. The molecule has 0 aliphatic rings. The number of allylic oxidation sites excluding steroid dienone is 9. The molecule has 252 valence electrons. The predicted octanol–water partition coefficient (Wildman–Crippen LogP) is 9.27. The molecule has 2 N–H and O–H groups in total. The molecule has 0 aromatic carbocycles. The molecule has 0 heterocycles. The lowest BCUT2D eigenvalue weighted by Gasteiger charge is -2.16. The maximum Gasteiger partial charge on any atom is 0.306 e. The number of aliphatic hydroxyl groups is 2. The van der Waals surface area contributed by atoms with E-state index in [1.54, 1.807) is 6.08 Å². The van der Waals surface area contributed by atoms with Crippen LogP contribution in [-0.2, 0) is 19.1 Å². The summed E-state index contributed by atoms with van der Waals surface area (Å²) in [5, 5.41) is 19.6. The lowest BCUT2D eigenvalue weighted by atomic mass is 9.99. The Morgan fingerprint density at radius 1 is 0.682 bits per heavy atom. The van der Waals surface area contributed by atoms with E-state index in [4.69, 9.17) is 9.47 Å². The van der Waals surface area contributed by atoms with E-state index < -0.39 is 24.8 Å². The predicted molar refractivity (Wildman–Crippen MR) is 183 cm³/mol. The van der Waals surface area contributed by atoms with Gasteiger partial charge in [-0.1, -0.05) is 139 Å². The van der Waals surface area contributed by atoms with E-state index >= 15 is 0 Å². The molecule has 0 spiro atoms. The van der Waals surface area contributed by atoms with Crippen LogP contribution in [-0.4, -0.2) is 47.6 Å². The molecule has 0 radical (unpaired) electrons. The second kappa shape index (κ2) is 32.0. The molecule has 3 atom stereocenters. The maximum atomic E-state index is 12.1. The largest absolute Gasteiger partial charge is 0.462 e. The van der Waals surface area contributed by atoms with Crippen LogP contribution in [0, 0.1) is 5.92 Å². The minimum absolute atomic E-state index is 0.122. The number of hydrogen-bond donors (Lipinski definition) is 2. The Bertz CT molecular complexity index is 825. The molecule has 44 heavy (non-hydrogen) atoms. The summed E-state index contributed by atoms with van der Waals surface area (Å²) in [7, 11) is 0. The number of unbranched alkanes of at least 4 members (excludes halogenated alkanes) is 7. The molecule has 0 aromatic rings. The first kappa shape index (κ1) is 41.6. The van der Waals surface area contributed by atoms with Crippen LogP contribution in [0.1, 0.15) is 136 Å². The zero-order valence-corrected chi connectivity index (χ0v) is 28.2. The number of carbonyl (C=O) groups is 2. The van der Waals surface area contributed by atoms with Gasteiger partial charge in [-0.3, -0.25) is 9.59 Å². The van der Waals surface area contributed by atoms with Crippen molar-refractivity contribution in [3.63, 3.8) is 0 Å². The highest BCUT2D eigenvalue weighted by molar-refractivity contribution is 5.70. The van der Waals surface area contributed by atoms with E-state index in [0.717, 1.165) is 50.9 Å². The van der Waals surface area contributed by atoms with Crippen molar-refractivity contribution < 1.29 is 29.3 Å². The Labute approximate surface area is 269 Å². The van der Waals surface area contributed by atoms with Gasteiger partial charge in [-0.05, 0) is 50.9 Å². The van der Waals surface area contributed by atoms with Crippen LogP contribution in [0.3, 0.4) is 0 Å². The normalized spacial score (nSPS) is 14.4. The highest BCUT2D eigenvalue weighted by atomic mass is 16.6. The Morgan fingerprint density at radius 3 is 1.86 bits per heavy atom. The molecule has 0 saturated heterocycles. The summed E-state index contributed by atoms with van der Waals surface area (Å²) in [4.78, 5) is 24.2. The summed E-state index contributed by atoms with van der Waals surface area (Å²) >= 11 is 0. The van der Waals surface area contributed by atoms with Gasteiger partial charge in [-0.15, -0.1) is 0 Å². The molecule has 0 fully saturated rings. The molecule has 0 bridgehead atoms. The van der Waals surface area contributed by atoms with Gasteiger partial charge in [0.2, 0.25) is 0 Å². The minimum atomic E-state index is -0.866. The third-order valence-corrected chi connectivity index (χ3v) is 7.47. The molecule has 0 rings (SSSR count). The Morgan fingerprint density at radius 2 is 1.25 bits per heavy atom. The standard InChI is InChI=1S/C38H64O6/c1-4-6-7-8-9-10-11-12-13-14-18-21-24-28-35(40)29-26-31-38(42)44-36(32-39)33-43-37(41)30-25-22-19-16-15-17-20-23-27-34(3)5-2/h6-7,9-10,12-13,18,21,24,28,34-36,39-40H,4-5,8,11,14-17,19-20,22-23,25-27,29-33H2,1-3H3/b7-6-,10-9-,13-12-,21-18-,28-24+/t34?,35?,36-/m0/s1. The van der Waals surface area contributed by atoms with Crippen molar-refractivity contribution in [2.24, 2.45) is 5.92 Å². The second-order valence-electron chi connectivity index (χ2n) is 11.7. The molecule has 0 aromatic heterocycles. The maximum absolute atomic E-state index is 12.1. The fourth-order valence-electron chi connectivity index (χ4n) is 4.44. The van der Waals surface area contributed by atoms with E-state index in [-0.39, 0.29) is 19.0 Å². The summed E-state index contributed by atoms with van der Waals surface area (Å²) < 4.78 is 10.5. The van der Waals surface area contributed by atoms with Crippen molar-refractivity contribution in [2.75, 3.05) is 13.2 Å². The fourth-order valence-corrected chi connectivity index (χ4v) is 4.44. The molecule has 2 unspecified atom stereocenters. The van der Waals surface area contributed by atoms with Gasteiger partial charge in [-0.2, -0.15) is 0 Å². The molecule has 6 nitrogen and oxygen atoms in total. The molecule has 0 aliphatic heterocycles. The van der Waals surface area contributed by atoms with E-state index in [1.807, 2.05) is 18.2 Å². The molecule has 0 amide bonds. The minimum Gasteiger partial charge on any atom is -0.462 e. The van der Waals surface area contributed by atoms with E-state index in [1.165, 1.54) is 44.9 Å². The smallest absolute Gasteiger partial charge is 0.306 e. The lowest BCUT2D eigenvalue weighted by Crippen LogP contribution is -2.28. The van der Waals surface area contributed by atoms with Gasteiger partial charge < -0.3 is 19.7 Å². The fraction of sp³-hybridized carbons (Fsp3) is 0.684. The van der Waals surface area contributed by atoms with Crippen LogP contribution in [0.25, 0.3) is 0 Å². The zero-order valence-electron chi connectivity index (χ0n) is 28.2. The highest BCUT2D eigenvalue weighted by Crippen LogP contribution is 2.15. The first-order valence-corrected chi connectivity index (χ1v) is 17.3. The average molecular weight is 617 g/mol. The van der Waals surface area contributed by atoms with Crippen molar-refractivity contribution in [3.05, 3.63) is 60.8 Å². The van der Waals surface area contributed by atoms with E-state index in [9.17, 15) is 19.8 Å². The van der Waals surface area contributed by atoms with Gasteiger partial charge >= 0.3 is 11.9 Å². The monoisotopic (exact) mass is 616 g/mol. The lowest BCUT2D eigenvalue weighted by molar-refractivity contribution is -0.161. The van der Waals surface area contributed by atoms with Crippen LogP contribution >= 0.6 is 0 Å². The Hall–Kier alpha value is -2.44. The van der Waals surface area contributed by atoms with Gasteiger partial charge in [0.25, 0.3) is 0 Å². The number of aliphatic hydroxyl groups excluding tert-OH is 2. The van der Waals surface area contributed by atoms with E-state index in [2.05, 4.69) is 57.2 Å². The Balaban J connectivity index is 3.85. The van der Waals surface area contributed by atoms with Gasteiger partial charge in [0.1, 0.15) is 6.61 Å². The second-order valence-corrected chi connectivity index (χ2v) is 11.7. The molecule has 0 saturated carbocycles. The number of ether oxygens (including phenoxy) is 2. The van der Waals surface area contributed by atoms with Crippen molar-refractivity contribution in [1.29, 1.82) is 0 Å². The summed E-state index contributed by atoms with van der Waals surface area (Å²) in [6.45, 7) is 6.16. The first-order valence-electron chi connectivity index (χ1n) is 17.3. The van der Waals surface area contributed by atoms with Gasteiger partial charge in [0.15, 0.2) is 6.10 Å². The number of carbonyl (C=O) groups excluding carboxylic acids is 2. The van der Waals surface area contributed by atoms with Crippen LogP contribution in [0.4, 0.5) is 0 Å². The Kier molecular flexibility index (Phi) is 30.2. The third-order valence-electron chi connectivity index (χ3n) is 7.47. The molecule has 0 aliphatic carbocycles. The summed E-state index contributed by atoms with van der Waals surface area (Å²) in [5.74, 6) is 0.0400. The third kappa shape index (κ3) is 29.6. The van der Waals surface area contributed by atoms with Crippen LogP contribution < -0.4 is 0 Å². The topological polar surface area (TPSA) is 93.1 Å². The first-order chi connectivity index (χ1) is 21.4. The van der Waals surface area contributed by atoms with Crippen LogP contribution in [0.5, 0.6) is 0 Å². The molecule has 6 heteroatoms. The van der Waals surface area contributed by atoms with Gasteiger partial charge in [0.05, 0.1) is 12.7 Å². The van der Waals surface area contributed by atoms with Crippen molar-refractivity contribution >= 4 is 11.9 Å². The molecular weight excluding hydrogens is 552 g/mol. The van der Waals surface area contributed by atoms with Crippen LogP contribution in [0.15, 0.2) is 60.8 Å². The van der Waals surface area contributed by atoms with Crippen LogP contribution in [0.2, 0.25) is 0 Å². The number of esters is 2. The van der Waals surface area contributed by atoms with Gasteiger partial charge in [-0.25, -0.2) is 0 Å². The van der Waals surface area contributed by atoms with Gasteiger partial charge in [0, 0.05) is 12.8 Å². The SMILES string of the molecule is CC/C=C\C/C=C\C/C=C\C/C=C\C=C\C(O)CCCC(=O)O[C@@H](CO)COC(=O)CCCCCCCCCCC(C)CC.